The van der Waals surface area contributed by atoms with E-state index in [4.69, 9.17) is 23.2 Å². The molecular weight excluding hydrogens is 355 g/mol. The van der Waals surface area contributed by atoms with E-state index in [-0.39, 0.29) is 28.4 Å². The van der Waals surface area contributed by atoms with Gasteiger partial charge in [0.2, 0.25) is 10.0 Å². The molecule has 21 heavy (non-hydrogen) atoms. The maximum absolute atomic E-state index is 12.7. The lowest BCUT2D eigenvalue weighted by atomic mass is 10.1. The molecule has 0 radical (unpaired) electrons. The van der Waals surface area contributed by atoms with Crippen LogP contribution in [-0.2, 0) is 10.0 Å². The normalized spacial score (nSPS) is 26.2. The minimum Gasteiger partial charge on any atom is -0.310 e. The van der Waals surface area contributed by atoms with Gasteiger partial charge in [0.15, 0.2) is 0 Å². The molecule has 3 rings (SSSR count). The second-order valence-electron chi connectivity index (χ2n) is 5.36. The molecule has 118 valence electrons. The summed E-state index contributed by atoms with van der Waals surface area (Å²) in [5, 5.41) is 4.06. The lowest BCUT2D eigenvalue weighted by molar-refractivity contribution is 0.383. The topological polar surface area (TPSA) is 49.4 Å². The highest BCUT2D eigenvalue weighted by Crippen LogP contribution is 2.30. The van der Waals surface area contributed by atoms with Gasteiger partial charge in [-0.2, -0.15) is 4.31 Å². The van der Waals surface area contributed by atoms with Gasteiger partial charge in [0, 0.05) is 30.2 Å². The molecule has 0 saturated carbocycles. The van der Waals surface area contributed by atoms with Gasteiger partial charge in [0.1, 0.15) is 4.90 Å². The molecule has 8 heteroatoms. The molecule has 2 saturated heterocycles. The average molecular weight is 372 g/mol. The molecule has 1 aromatic carbocycles. The fraction of sp³-hybridized carbons (Fsp3) is 0.538. The second-order valence-corrected chi connectivity index (χ2v) is 8.11. The molecule has 0 aliphatic carbocycles. The summed E-state index contributed by atoms with van der Waals surface area (Å²) in [6.07, 6.45) is 3.00. The minimum atomic E-state index is -3.58. The molecule has 1 aromatic rings. The van der Waals surface area contributed by atoms with Gasteiger partial charge in [-0.05, 0) is 37.5 Å². The zero-order chi connectivity index (χ0) is 14.3. The maximum Gasteiger partial charge on any atom is 0.244 e. The molecule has 2 aliphatic rings. The molecule has 0 aromatic heterocycles. The van der Waals surface area contributed by atoms with Crippen molar-refractivity contribution < 1.29 is 8.42 Å². The van der Waals surface area contributed by atoms with Gasteiger partial charge in [-0.3, -0.25) is 0 Å². The quantitative estimate of drug-likeness (QED) is 0.869. The summed E-state index contributed by atoms with van der Waals surface area (Å²) < 4.78 is 27.0. The first-order valence-electron chi connectivity index (χ1n) is 6.68. The van der Waals surface area contributed by atoms with Crippen molar-refractivity contribution in [2.45, 2.75) is 36.2 Å². The molecule has 2 aliphatic heterocycles. The Kier molecular flexibility index (Phi) is 5.45. The highest BCUT2D eigenvalue weighted by molar-refractivity contribution is 7.89. The summed E-state index contributed by atoms with van der Waals surface area (Å²) in [6.45, 7) is 1.03. The number of nitrogens with zero attached hydrogens (tertiary/aromatic N) is 1. The first-order valence-corrected chi connectivity index (χ1v) is 8.87. The number of sulfonamides is 1. The van der Waals surface area contributed by atoms with Crippen LogP contribution < -0.4 is 5.32 Å². The van der Waals surface area contributed by atoms with Crippen LogP contribution in [0.3, 0.4) is 0 Å². The van der Waals surface area contributed by atoms with Gasteiger partial charge in [0.25, 0.3) is 0 Å². The van der Waals surface area contributed by atoms with E-state index in [0.717, 1.165) is 19.3 Å². The summed E-state index contributed by atoms with van der Waals surface area (Å²) in [4.78, 5) is 0.101. The van der Waals surface area contributed by atoms with Gasteiger partial charge in [0.05, 0.1) is 5.02 Å². The van der Waals surface area contributed by atoms with Crippen molar-refractivity contribution in [2.75, 3.05) is 13.1 Å². The number of hydrogen-bond acceptors (Lipinski definition) is 3. The summed E-state index contributed by atoms with van der Waals surface area (Å²) in [6, 6.07) is 5.23. The first kappa shape index (κ1) is 17.3. The Bertz CT molecular complexity index is 624. The fourth-order valence-corrected chi connectivity index (χ4v) is 5.18. The van der Waals surface area contributed by atoms with Crippen molar-refractivity contribution in [1.82, 2.24) is 9.62 Å². The van der Waals surface area contributed by atoms with Gasteiger partial charge >= 0.3 is 0 Å². The van der Waals surface area contributed by atoms with Crippen molar-refractivity contribution >= 4 is 45.6 Å². The zero-order valence-electron chi connectivity index (χ0n) is 11.3. The number of benzene rings is 1. The van der Waals surface area contributed by atoms with Crippen LogP contribution in [0.15, 0.2) is 23.1 Å². The Morgan fingerprint density at radius 1 is 1.14 bits per heavy atom. The molecule has 2 unspecified atom stereocenters. The lowest BCUT2D eigenvalue weighted by Crippen LogP contribution is -2.39. The molecule has 2 heterocycles. The monoisotopic (exact) mass is 370 g/mol. The van der Waals surface area contributed by atoms with Crippen LogP contribution in [0.1, 0.15) is 19.3 Å². The van der Waals surface area contributed by atoms with Crippen LogP contribution in [0.25, 0.3) is 0 Å². The zero-order valence-corrected chi connectivity index (χ0v) is 14.4. The summed E-state index contributed by atoms with van der Waals surface area (Å²) >= 11 is 11.9. The Balaban J connectivity index is 0.00000161. The Morgan fingerprint density at radius 3 is 2.62 bits per heavy atom. The minimum absolute atomic E-state index is 0. The van der Waals surface area contributed by atoms with E-state index >= 15 is 0 Å². The van der Waals surface area contributed by atoms with Crippen LogP contribution in [0.2, 0.25) is 10.0 Å². The van der Waals surface area contributed by atoms with Crippen molar-refractivity contribution in [1.29, 1.82) is 0 Å². The Labute approximate surface area is 141 Å². The number of rotatable bonds is 2. The van der Waals surface area contributed by atoms with Crippen molar-refractivity contribution in [2.24, 2.45) is 0 Å². The number of nitrogens with one attached hydrogen (secondary N) is 1. The van der Waals surface area contributed by atoms with E-state index < -0.39 is 10.0 Å². The first-order chi connectivity index (χ1) is 9.46. The Hall–Kier alpha value is -0.0400. The molecular formula is C13H17Cl3N2O2S. The van der Waals surface area contributed by atoms with E-state index in [9.17, 15) is 8.42 Å². The lowest BCUT2D eigenvalue weighted by Gasteiger charge is -2.24. The number of hydrogen-bond donors (Lipinski definition) is 1. The standard InChI is InChI=1S/C13H16Cl2N2O2S.ClH/c14-9-1-4-12(15)13(7-9)20(18,19)17-6-5-10-2-3-11(8-17)16-10;/h1,4,7,10-11,16H,2-3,5-6,8H2;1H. The fourth-order valence-electron chi connectivity index (χ4n) is 2.94. The van der Waals surface area contributed by atoms with Gasteiger partial charge in [-0.25, -0.2) is 8.42 Å². The number of halogens is 3. The van der Waals surface area contributed by atoms with Crippen molar-refractivity contribution in [3.8, 4) is 0 Å². The largest absolute Gasteiger partial charge is 0.310 e. The summed E-state index contributed by atoms with van der Waals surface area (Å²) in [5.74, 6) is 0. The van der Waals surface area contributed by atoms with Gasteiger partial charge < -0.3 is 5.32 Å². The number of fused-ring (bicyclic) bond motifs is 2. The molecule has 0 spiro atoms. The van der Waals surface area contributed by atoms with Crippen LogP contribution in [0, 0.1) is 0 Å². The molecule has 1 N–H and O–H groups in total. The van der Waals surface area contributed by atoms with Crippen LogP contribution in [0.4, 0.5) is 0 Å². The average Bonchev–Trinajstić information content (AvgIpc) is 2.71. The molecule has 2 fully saturated rings. The predicted octanol–water partition coefficient (Wildman–Crippen LogP) is 2.93. The molecule has 2 bridgehead atoms. The molecule has 2 atom stereocenters. The van der Waals surface area contributed by atoms with Crippen LogP contribution in [-0.4, -0.2) is 37.9 Å². The van der Waals surface area contributed by atoms with Gasteiger partial charge in [-0.15, -0.1) is 12.4 Å². The third kappa shape index (κ3) is 3.49. The highest BCUT2D eigenvalue weighted by atomic mass is 35.5. The van der Waals surface area contributed by atoms with E-state index in [0.29, 0.717) is 24.2 Å². The maximum atomic E-state index is 12.7. The van der Waals surface area contributed by atoms with E-state index in [1.807, 2.05) is 0 Å². The smallest absolute Gasteiger partial charge is 0.244 e. The second kappa shape index (κ2) is 6.60. The van der Waals surface area contributed by atoms with Crippen LogP contribution >= 0.6 is 35.6 Å². The van der Waals surface area contributed by atoms with E-state index in [1.54, 1.807) is 6.07 Å². The highest BCUT2D eigenvalue weighted by Gasteiger charge is 2.35. The SMILES string of the molecule is Cl.O=S(=O)(c1cc(Cl)ccc1Cl)N1CCC2CCC(C1)N2. The molecule has 0 amide bonds. The van der Waals surface area contributed by atoms with E-state index in [1.165, 1.54) is 16.4 Å². The predicted molar refractivity (Wildman–Crippen MR) is 87.0 cm³/mol. The Morgan fingerprint density at radius 2 is 1.86 bits per heavy atom. The van der Waals surface area contributed by atoms with Crippen molar-refractivity contribution in [3.63, 3.8) is 0 Å². The molecule has 4 nitrogen and oxygen atoms in total. The third-order valence-electron chi connectivity index (χ3n) is 4.00. The summed E-state index contributed by atoms with van der Waals surface area (Å²) in [7, 11) is -3.58. The van der Waals surface area contributed by atoms with Crippen molar-refractivity contribution in [3.05, 3.63) is 28.2 Å². The van der Waals surface area contributed by atoms with E-state index in [2.05, 4.69) is 5.32 Å². The summed E-state index contributed by atoms with van der Waals surface area (Å²) in [5.41, 5.74) is 0. The third-order valence-corrected chi connectivity index (χ3v) is 6.58. The van der Waals surface area contributed by atoms with Gasteiger partial charge in [-0.1, -0.05) is 23.2 Å². The van der Waals surface area contributed by atoms with Crippen LogP contribution in [0.5, 0.6) is 0 Å².